The van der Waals surface area contributed by atoms with Gasteiger partial charge in [0.1, 0.15) is 13.2 Å². The second-order valence-corrected chi connectivity index (χ2v) is 20.2. The summed E-state index contributed by atoms with van der Waals surface area (Å²) in [5.74, 6) is -2.12. The molecular formula is C70H108NO8+. The lowest BCUT2D eigenvalue weighted by atomic mass is 10.1. The van der Waals surface area contributed by atoms with Gasteiger partial charge in [-0.15, -0.1) is 0 Å². The average Bonchev–Trinajstić information content (AvgIpc) is 3.42. The smallest absolute Gasteiger partial charge is 0.361 e. The average molecular weight is 1090 g/mol. The number of carbonyl (C=O) groups excluding carboxylic acids is 2. The molecule has 0 saturated heterocycles. The van der Waals surface area contributed by atoms with E-state index in [-0.39, 0.29) is 38.6 Å². The molecule has 79 heavy (non-hydrogen) atoms. The highest BCUT2D eigenvalue weighted by molar-refractivity contribution is 5.71. The Bertz CT molecular complexity index is 1940. The van der Waals surface area contributed by atoms with E-state index in [9.17, 15) is 19.5 Å². The number of hydrogen-bond donors (Lipinski definition) is 1. The summed E-state index contributed by atoms with van der Waals surface area (Å²) in [5, 5.41) is 9.71. The third kappa shape index (κ3) is 59.9. The SMILES string of the molecule is CC/C=C\C/C=C\C/C=C\C/C=C\C/C=C\C/C=C\C/C=C\C/C=C\C/C=C\C/C=C\CCCCC(=O)OC(COC(=O)CCCCCCC/C=C\C/C=C\C/C=C\C/C=C\C/C=C\CC)COC(OCC[N+](C)(C)C)C(=O)O. The van der Waals surface area contributed by atoms with E-state index >= 15 is 0 Å². The fraction of sp³-hybridized carbons (Fsp3) is 0.529. The van der Waals surface area contributed by atoms with Gasteiger partial charge in [-0.3, -0.25) is 9.59 Å². The van der Waals surface area contributed by atoms with Crippen LogP contribution in [-0.2, 0) is 33.3 Å². The molecule has 0 spiro atoms. The van der Waals surface area contributed by atoms with E-state index in [0.29, 0.717) is 23.9 Å². The number of carboxylic acids is 1. The molecule has 0 bridgehead atoms. The normalized spacial score (nSPS) is 14.1. The van der Waals surface area contributed by atoms with Gasteiger partial charge in [-0.1, -0.05) is 215 Å². The van der Waals surface area contributed by atoms with E-state index in [4.69, 9.17) is 18.9 Å². The van der Waals surface area contributed by atoms with Gasteiger partial charge in [0.15, 0.2) is 6.10 Å². The molecule has 0 saturated carbocycles. The lowest BCUT2D eigenvalue weighted by Crippen LogP contribution is -2.40. The predicted octanol–water partition coefficient (Wildman–Crippen LogP) is 18.1. The van der Waals surface area contributed by atoms with Crippen LogP contribution in [0.4, 0.5) is 0 Å². The molecule has 9 nitrogen and oxygen atoms in total. The largest absolute Gasteiger partial charge is 0.477 e. The predicted molar refractivity (Wildman–Crippen MR) is 336 cm³/mol. The van der Waals surface area contributed by atoms with Gasteiger partial charge in [-0.05, 0) is 135 Å². The Morgan fingerprint density at radius 2 is 0.684 bits per heavy atom. The van der Waals surface area contributed by atoms with Gasteiger partial charge in [0.25, 0.3) is 6.29 Å². The summed E-state index contributed by atoms with van der Waals surface area (Å²) < 4.78 is 22.8. The number of rotatable bonds is 52. The number of allylic oxidation sites excluding steroid dienone is 30. The van der Waals surface area contributed by atoms with Crippen LogP contribution in [0.5, 0.6) is 0 Å². The van der Waals surface area contributed by atoms with Crippen molar-refractivity contribution < 1.29 is 42.9 Å². The van der Waals surface area contributed by atoms with Crippen LogP contribution in [0.1, 0.15) is 181 Å². The van der Waals surface area contributed by atoms with Gasteiger partial charge in [0.05, 0.1) is 34.4 Å². The zero-order chi connectivity index (χ0) is 57.6. The quantitative estimate of drug-likeness (QED) is 0.0211. The van der Waals surface area contributed by atoms with Gasteiger partial charge < -0.3 is 28.5 Å². The summed E-state index contributed by atoms with van der Waals surface area (Å²) in [6.45, 7) is 4.53. The number of hydrogen-bond acceptors (Lipinski definition) is 7. The summed E-state index contributed by atoms with van der Waals surface area (Å²) in [7, 11) is 5.93. The maximum atomic E-state index is 12.9. The molecule has 2 atom stereocenters. The first-order valence-corrected chi connectivity index (χ1v) is 29.9. The molecule has 0 aliphatic heterocycles. The van der Waals surface area contributed by atoms with Crippen molar-refractivity contribution in [1.82, 2.24) is 0 Å². The second kappa shape index (κ2) is 58.5. The van der Waals surface area contributed by atoms with Crippen LogP contribution in [-0.4, -0.2) is 87.4 Å². The molecule has 0 aromatic heterocycles. The number of likely N-dealkylation sites (N-methyl/N-ethyl adjacent to an activating group) is 1. The topological polar surface area (TPSA) is 108 Å². The van der Waals surface area contributed by atoms with E-state index < -0.39 is 24.3 Å². The van der Waals surface area contributed by atoms with Crippen molar-refractivity contribution in [2.24, 2.45) is 0 Å². The van der Waals surface area contributed by atoms with Crippen molar-refractivity contribution in [3.63, 3.8) is 0 Å². The van der Waals surface area contributed by atoms with Crippen LogP contribution in [0.25, 0.3) is 0 Å². The number of esters is 2. The van der Waals surface area contributed by atoms with E-state index in [1.54, 1.807) is 0 Å². The van der Waals surface area contributed by atoms with Crippen molar-refractivity contribution in [1.29, 1.82) is 0 Å². The molecule has 0 fully saturated rings. The van der Waals surface area contributed by atoms with Crippen LogP contribution < -0.4 is 0 Å². The van der Waals surface area contributed by atoms with Gasteiger partial charge >= 0.3 is 17.9 Å². The van der Waals surface area contributed by atoms with Gasteiger partial charge in [0.2, 0.25) is 0 Å². The molecule has 0 amide bonds. The fourth-order valence-corrected chi connectivity index (χ4v) is 7.12. The number of unbranched alkanes of at least 4 members (excludes halogenated alkanes) is 7. The van der Waals surface area contributed by atoms with Crippen LogP contribution >= 0.6 is 0 Å². The number of ether oxygens (including phenoxy) is 4. The second-order valence-electron chi connectivity index (χ2n) is 20.2. The summed E-state index contributed by atoms with van der Waals surface area (Å²) in [6.07, 6.45) is 86.9. The lowest BCUT2D eigenvalue weighted by molar-refractivity contribution is -0.870. The van der Waals surface area contributed by atoms with Crippen LogP contribution in [0.2, 0.25) is 0 Å². The molecule has 0 heterocycles. The summed E-state index contributed by atoms with van der Waals surface area (Å²) >= 11 is 0. The molecule has 0 rings (SSSR count). The van der Waals surface area contributed by atoms with Crippen molar-refractivity contribution >= 4 is 17.9 Å². The summed E-state index contributed by atoms with van der Waals surface area (Å²) in [5.41, 5.74) is 0. The molecule has 0 aromatic rings. The van der Waals surface area contributed by atoms with Gasteiger partial charge in [-0.2, -0.15) is 0 Å². The summed E-state index contributed by atoms with van der Waals surface area (Å²) in [4.78, 5) is 37.4. The number of carbonyl (C=O) groups is 3. The number of aliphatic carboxylic acids is 1. The first kappa shape index (κ1) is 73.4. The standard InChI is InChI=1S/C70H107NO8/c1-6-8-10-12-14-16-18-20-22-24-26-28-29-30-31-32-33-34-35-36-37-38-39-41-43-45-47-49-51-53-55-57-59-61-68(73)79-66(65-78-70(69(74)75)76-63-62-71(3,4)5)64-77-67(72)60-58-56-54-52-50-48-46-44-42-40-27-25-23-21-19-17-15-13-11-9-7-2/h8-11,14-17,20-23,26-28,30-31,33-34,36-37,39-41,44-47,51,53,66,70H,6-7,12-13,18-19,24-25,29,32,35,38,42-43,48-50,52,54-65H2,1-5H3/p+1/b10-8-,11-9-,16-14-,17-15-,22-20-,23-21-,28-26-,31-30-,34-33-,37-36-,40-27-,41-39-,46-44-,47-45-,53-51-. The monoisotopic (exact) mass is 1090 g/mol. The Hall–Kier alpha value is -5.61. The van der Waals surface area contributed by atoms with Gasteiger partial charge in [-0.25, -0.2) is 4.79 Å². The minimum Gasteiger partial charge on any atom is -0.477 e. The summed E-state index contributed by atoms with van der Waals surface area (Å²) in [6, 6.07) is 0. The first-order chi connectivity index (χ1) is 38.6. The van der Waals surface area contributed by atoms with E-state index in [1.807, 2.05) is 21.1 Å². The highest BCUT2D eigenvalue weighted by Crippen LogP contribution is 2.12. The third-order valence-corrected chi connectivity index (χ3v) is 11.7. The fourth-order valence-electron chi connectivity index (χ4n) is 7.12. The number of quaternary nitrogens is 1. The van der Waals surface area contributed by atoms with Crippen molar-refractivity contribution in [2.45, 2.75) is 193 Å². The molecule has 440 valence electrons. The Morgan fingerprint density at radius 1 is 0.380 bits per heavy atom. The Kier molecular flexibility index (Phi) is 54.4. The lowest BCUT2D eigenvalue weighted by Gasteiger charge is -2.25. The highest BCUT2D eigenvalue weighted by atomic mass is 16.7. The van der Waals surface area contributed by atoms with Crippen molar-refractivity contribution in [3.8, 4) is 0 Å². The highest BCUT2D eigenvalue weighted by Gasteiger charge is 2.25. The zero-order valence-electron chi connectivity index (χ0n) is 49.9. The van der Waals surface area contributed by atoms with E-state index in [1.165, 1.54) is 0 Å². The first-order valence-electron chi connectivity index (χ1n) is 29.9. The van der Waals surface area contributed by atoms with E-state index in [2.05, 4.69) is 196 Å². The van der Waals surface area contributed by atoms with Gasteiger partial charge in [0, 0.05) is 12.8 Å². The molecular weight excluding hydrogens is 983 g/mol. The Labute approximate surface area is 481 Å². The third-order valence-electron chi connectivity index (χ3n) is 11.7. The van der Waals surface area contributed by atoms with Crippen LogP contribution in [0.3, 0.4) is 0 Å². The zero-order valence-corrected chi connectivity index (χ0v) is 49.9. The molecule has 9 heteroatoms. The van der Waals surface area contributed by atoms with Crippen molar-refractivity contribution in [3.05, 3.63) is 182 Å². The number of nitrogens with zero attached hydrogens (tertiary/aromatic N) is 1. The minimum absolute atomic E-state index is 0.164. The molecule has 0 aromatic carbocycles. The molecule has 0 radical (unpaired) electrons. The van der Waals surface area contributed by atoms with E-state index in [0.717, 1.165) is 141 Å². The maximum Gasteiger partial charge on any atom is 0.361 e. The Morgan fingerprint density at radius 3 is 1.04 bits per heavy atom. The molecule has 0 aliphatic carbocycles. The number of carboxylic acid groups (broad SMARTS) is 1. The molecule has 2 unspecified atom stereocenters. The van der Waals surface area contributed by atoms with Crippen LogP contribution in [0, 0.1) is 0 Å². The molecule has 1 N–H and O–H groups in total. The Balaban J connectivity index is 4.42. The minimum atomic E-state index is -1.54. The van der Waals surface area contributed by atoms with Crippen LogP contribution in [0.15, 0.2) is 182 Å². The molecule has 0 aliphatic rings. The maximum absolute atomic E-state index is 12.9. The van der Waals surface area contributed by atoms with Crippen molar-refractivity contribution in [2.75, 3.05) is 47.5 Å².